The first-order chi connectivity index (χ1) is 9.77. The second kappa shape index (κ2) is 5.63. The van der Waals surface area contributed by atoms with Crippen molar-refractivity contribution < 1.29 is 4.79 Å². The largest absolute Gasteiger partial charge is 0.328 e. The summed E-state index contributed by atoms with van der Waals surface area (Å²) in [5.41, 5.74) is 0.542. The van der Waals surface area contributed by atoms with Gasteiger partial charge in [-0.25, -0.2) is 4.98 Å². The minimum absolute atomic E-state index is 0.0447. The van der Waals surface area contributed by atoms with Crippen LogP contribution in [0.15, 0.2) is 30.6 Å². The van der Waals surface area contributed by atoms with Crippen LogP contribution in [0.5, 0.6) is 0 Å². The number of rotatable bonds is 2. The zero-order valence-corrected chi connectivity index (χ0v) is 11.7. The quantitative estimate of drug-likeness (QED) is 0.925. The Hall–Kier alpha value is -1.88. The Labute approximate surface area is 122 Å². The van der Waals surface area contributed by atoms with Crippen molar-refractivity contribution in [2.75, 3.05) is 6.54 Å². The van der Waals surface area contributed by atoms with Gasteiger partial charge in [-0.15, -0.1) is 0 Å². The second-order valence-corrected chi connectivity index (χ2v) is 5.27. The number of carbonyl (C=O) groups is 1. The Kier molecular flexibility index (Phi) is 3.69. The van der Waals surface area contributed by atoms with Crippen LogP contribution >= 0.6 is 11.6 Å². The minimum atomic E-state index is -0.0463. The van der Waals surface area contributed by atoms with Crippen LogP contribution in [0, 0.1) is 0 Å². The standard InChI is InChI=1S/C14H15ClN4O/c15-11-6-2-1-5-10(11)14(20)19-8-4-3-7-12(19)13-16-9-17-18-13/h1-2,5-6,9,12H,3-4,7-8H2,(H,16,17,18)/t12-/m1/s1. The van der Waals surface area contributed by atoms with Crippen molar-refractivity contribution in [3.05, 3.63) is 47.0 Å². The van der Waals surface area contributed by atoms with E-state index in [2.05, 4.69) is 15.2 Å². The zero-order chi connectivity index (χ0) is 13.9. The molecular formula is C14H15ClN4O. The summed E-state index contributed by atoms with van der Waals surface area (Å²) in [6.07, 6.45) is 4.45. The maximum absolute atomic E-state index is 12.7. The molecule has 2 aromatic rings. The number of piperidine rings is 1. The van der Waals surface area contributed by atoms with Gasteiger partial charge in [0.15, 0.2) is 0 Å². The fourth-order valence-electron chi connectivity index (χ4n) is 2.62. The van der Waals surface area contributed by atoms with Crippen molar-refractivity contribution in [1.29, 1.82) is 0 Å². The lowest BCUT2D eigenvalue weighted by Gasteiger charge is -2.34. The van der Waals surface area contributed by atoms with Gasteiger partial charge in [0.05, 0.1) is 16.6 Å². The van der Waals surface area contributed by atoms with Gasteiger partial charge in [0, 0.05) is 6.54 Å². The highest BCUT2D eigenvalue weighted by molar-refractivity contribution is 6.33. The van der Waals surface area contributed by atoms with Crippen LogP contribution in [0.25, 0.3) is 0 Å². The number of halogens is 1. The van der Waals surface area contributed by atoms with E-state index in [4.69, 9.17) is 11.6 Å². The molecule has 0 radical (unpaired) electrons. The fraction of sp³-hybridized carbons (Fsp3) is 0.357. The van der Waals surface area contributed by atoms with Crippen molar-refractivity contribution in [3.63, 3.8) is 0 Å². The third kappa shape index (κ3) is 2.41. The van der Waals surface area contributed by atoms with E-state index in [0.717, 1.165) is 31.6 Å². The molecule has 2 heterocycles. The summed E-state index contributed by atoms with van der Waals surface area (Å²) >= 11 is 6.13. The highest BCUT2D eigenvalue weighted by Crippen LogP contribution is 2.31. The number of hydrogen-bond acceptors (Lipinski definition) is 3. The molecule has 0 unspecified atom stereocenters. The number of nitrogens with one attached hydrogen (secondary N) is 1. The summed E-state index contributed by atoms with van der Waals surface area (Å²) in [5.74, 6) is 0.696. The van der Waals surface area contributed by atoms with E-state index in [9.17, 15) is 4.79 Å². The first-order valence-electron chi connectivity index (χ1n) is 6.68. The monoisotopic (exact) mass is 290 g/mol. The molecule has 0 aliphatic carbocycles. The van der Waals surface area contributed by atoms with E-state index >= 15 is 0 Å². The Morgan fingerprint density at radius 1 is 1.35 bits per heavy atom. The van der Waals surface area contributed by atoms with E-state index in [1.165, 1.54) is 6.33 Å². The summed E-state index contributed by atoms with van der Waals surface area (Å²) in [4.78, 5) is 18.7. The molecule has 1 aliphatic heterocycles. The molecule has 0 saturated carbocycles. The predicted octanol–water partition coefficient (Wildman–Crippen LogP) is 2.83. The van der Waals surface area contributed by atoms with E-state index in [-0.39, 0.29) is 11.9 Å². The molecule has 1 aliphatic rings. The maximum atomic E-state index is 12.7. The Balaban J connectivity index is 1.90. The predicted molar refractivity (Wildman–Crippen MR) is 75.5 cm³/mol. The number of benzene rings is 1. The number of carbonyl (C=O) groups excluding carboxylic acids is 1. The smallest absolute Gasteiger partial charge is 0.255 e. The first kappa shape index (κ1) is 13.1. The minimum Gasteiger partial charge on any atom is -0.328 e. The lowest BCUT2D eigenvalue weighted by molar-refractivity contribution is 0.0600. The molecule has 0 spiro atoms. The molecule has 3 rings (SSSR count). The average Bonchev–Trinajstić information content (AvgIpc) is 3.01. The lowest BCUT2D eigenvalue weighted by atomic mass is 10.00. The number of likely N-dealkylation sites (tertiary alicyclic amines) is 1. The third-order valence-electron chi connectivity index (χ3n) is 3.62. The molecule has 6 heteroatoms. The molecule has 1 fully saturated rings. The van der Waals surface area contributed by atoms with Gasteiger partial charge in [0.25, 0.3) is 5.91 Å². The first-order valence-corrected chi connectivity index (χ1v) is 7.06. The van der Waals surface area contributed by atoms with Crippen LogP contribution in [0.1, 0.15) is 41.5 Å². The highest BCUT2D eigenvalue weighted by atomic mass is 35.5. The molecule has 5 nitrogen and oxygen atoms in total. The number of aromatic nitrogens is 3. The van der Waals surface area contributed by atoms with E-state index in [0.29, 0.717) is 10.6 Å². The van der Waals surface area contributed by atoms with Crippen LogP contribution < -0.4 is 0 Å². The van der Waals surface area contributed by atoms with Crippen LogP contribution in [-0.4, -0.2) is 32.5 Å². The van der Waals surface area contributed by atoms with Crippen LogP contribution in [0.2, 0.25) is 5.02 Å². The number of nitrogens with zero attached hydrogens (tertiary/aromatic N) is 3. The fourth-order valence-corrected chi connectivity index (χ4v) is 2.84. The van der Waals surface area contributed by atoms with Crippen LogP contribution in [0.3, 0.4) is 0 Å². The zero-order valence-electron chi connectivity index (χ0n) is 10.9. The molecule has 1 aromatic heterocycles. The van der Waals surface area contributed by atoms with Crippen molar-refractivity contribution in [2.24, 2.45) is 0 Å². The normalized spacial score (nSPS) is 19.1. The molecule has 20 heavy (non-hydrogen) atoms. The Morgan fingerprint density at radius 2 is 2.20 bits per heavy atom. The lowest BCUT2D eigenvalue weighted by Crippen LogP contribution is -2.39. The van der Waals surface area contributed by atoms with Crippen molar-refractivity contribution in [2.45, 2.75) is 25.3 Å². The van der Waals surface area contributed by atoms with Gasteiger partial charge < -0.3 is 4.90 Å². The summed E-state index contributed by atoms with van der Waals surface area (Å²) in [7, 11) is 0. The van der Waals surface area contributed by atoms with Gasteiger partial charge in [-0.1, -0.05) is 23.7 Å². The molecule has 0 bridgehead atoms. The van der Waals surface area contributed by atoms with Gasteiger partial charge in [0.1, 0.15) is 12.2 Å². The molecule has 1 N–H and O–H groups in total. The SMILES string of the molecule is O=C(c1ccccc1Cl)N1CCCC[C@@H]1c1ncn[nH]1. The maximum Gasteiger partial charge on any atom is 0.255 e. The molecular weight excluding hydrogens is 276 g/mol. The topological polar surface area (TPSA) is 61.9 Å². The van der Waals surface area contributed by atoms with Crippen molar-refractivity contribution in [3.8, 4) is 0 Å². The summed E-state index contributed by atoms with van der Waals surface area (Å²) < 4.78 is 0. The second-order valence-electron chi connectivity index (χ2n) is 4.86. The Morgan fingerprint density at radius 3 is 2.95 bits per heavy atom. The van der Waals surface area contributed by atoms with Crippen molar-refractivity contribution >= 4 is 17.5 Å². The van der Waals surface area contributed by atoms with Gasteiger partial charge in [0.2, 0.25) is 0 Å². The molecule has 1 atom stereocenters. The van der Waals surface area contributed by atoms with E-state index < -0.39 is 0 Å². The van der Waals surface area contributed by atoms with Gasteiger partial charge in [-0.3, -0.25) is 9.89 Å². The number of aromatic amines is 1. The van der Waals surface area contributed by atoms with Crippen LogP contribution in [-0.2, 0) is 0 Å². The van der Waals surface area contributed by atoms with Gasteiger partial charge in [-0.2, -0.15) is 5.10 Å². The average molecular weight is 291 g/mol. The number of H-pyrrole nitrogens is 1. The summed E-state index contributed by atoms with van der Waals surface area (Å²) in [6.45, 7) is 0.718. The number of hydrogen-bond donors (Lipinski definition) is 1. The summed E-state index contributed by atoms with van der Waals surface area (Å²) in [6, 6.07) is 7.10. The Bertz CT molecular complexity index is 599. The highest BCUT2D eigenvalue weighted by Gasteiger charge is 2.31. The van der Waals surface area contributed by atoms with Crippen molar-refractivity contribution in [1.82, 2.24) is 20.1 Å². The van der Waals surface area contributed by atoms with E-state index in [1.807, 2.05) is 17.0 Å². The molecule has 1 aromatic carbocycles. The van der Waals surface area contributed by atoms with Gasteiger partial charge >= 0.3 is 0 Å². The third-order valence-corrected chi connectivity index (χ3v) is 3.95. The summed E-state index contributed by atoms with van der Waals surface area (Å²) in [5, 5.41) is 7.24. The molecule has 1 amide bonds. The molecule has 104 valence electrons. The van der Waals surface area contributed by atoms with E-state index in [1.54, 1.807) is 12.1 Å². The van der Waals surface area contributed by atoms with Gasteiger partial charge in [-0.05, 0) is 31.4 Å². The van der Waals surface area contributed by atoms with Crippen LogP contribution in [0.4, 0.5) is 0 Å². The number of amides is 1. The molecule has 1 saturated heterocycles.